The van der Waals surface area contributed by atoms with Gasteiger partial charge in [-0.1, -0.05) is 23.7 Å². The number of halogens is 2. The highest BCUT2D eigenvalue weighted by molar-refractivity contribution is 6.30. The zero-order valence-corrected chi connectivity index (χ0v) is 10.6. The summed E-state index contributed by atoms with van der Waals surface area (Å²) in [6.07, 6.45) is -0.922. The van der Waals surface area contributed by atoms with Gasteiger partial charge in [0.25, 0.3) is 0 Å². The normalized spacial score (nSPS) is 12.8. The van der Waals surface area contributed by atoms with Crippen LogP contribution in [0.4, 0.5) is 4.39 Å². The molecule has 0 radical (unpaired) electrons. The van der Waals surface area contributed by atoms with E-state index in [1.54, 1.807) is 36.4 Å². The van der Waals surface area contributed by atoms with Crippen LogP contribution in [-0.4, -0.2) is 5.11 Å². The van der Waals surface area contributed by atoms with Crippen LogP contribution < -0.4 is 0 Å². The highest BCUT2D eigenvalue weighted by atomic mass is 35.5. The van der Waals surface area contributed by atoms with E-state index in [0.717, 1.165) is 0 Å². The standard InChI is InChI=1S/C15H10ClFO2/c16-11-3-1-2-9(6-11)15(18)14-8-10-7-12(17)4-5-13(10)19-14/h1-8,15,18H. The van der Waals surface area contributed by atoms with Gasteiger partial charge in [-0.2, -0.15) is 0 Å². The summed E-state index contributed by atoms with van der Waals surface area (Å²) < 4.78 is 18.6. The number of hydrogen-bond acceptors (Lipinski definition) is 2. The molecule has 0 bridgehead atoms. The van der Waals surface area contributed by atoms with Crippen LogP contribution in [0.15, 0.2) is 52.9 Å². The summed E-state index contributed by atoms with van der Waals surface area (Å²) in [6, 6.07) is 12.8. The lowest BCUT2D eigenvalue weighted by molar-refractivity contribution is 0.192. The SMILES string of the molecule is OC(c1cccc(Cl)c1)c1cc2cc(F)ccc2o1. The van der Waals surface area contributed by atoms with Crippen LogP contribution in [-0.2, 0) is 0 Å². The van der Waals surface area contributed by atoms with E-state index in [4.69, 9.17) is 16.0 Å². The van der Waals surface area contributed by atoms with Crippen LogP contribution in [0.2, 0.25) is 5.02 Å². The molecule has 3 aromatic rings. The minimum atomic E-state index is -0.922. The Balaban J connectivity index is 2.04. The first kappa shape index (κ1) is 12.2. The van der Waals surface area contributed by atoms with Gasteiger partial charge >= 0.3 is 0 Å². The van der Waals surface area contributed by atoms with Crippen LogP contribution in [0, 0.1) is 5.82 Å². The van der Waals surface area contributed by atoms with Crippen molar-refractivity contribution in [2.45, 2.75) is 6.10 Å². The average Bonchev–Trinajstić information content (AvgIpc) is 2.80. The molecule has 1 aromatic heterocycles. The number of aliphatic hydroxyl groups is 1. The third-order valence-electron chi connectivity index (χ3n) is 2.93. The van der Waals surface area contributed by atoms with Gasteiger partial charge in [0.2, 0.25) is 0 Å². The van der Waals surface area contributed by atoms with Crippen LogP contribution in [0.25, 0.3) is 11.0 Å². The Morgan fingerprint density at radius 2 is 1.95 bits per heavy atom. The van der Waals surface area contributed by atoms with E-state index in [9.17, 15) is 9.50 Å². The quantitative estimate of drug-likeness (QED) is 0.757. The number of aliphatic hydroxyl groups excluding tert-OH is 1. The van der Waals surface area contributed by atoms with E-state index in [1.165, 1.54) is 12.1 Å². The van der Waals surface area contributed by atoms with Gasteiger partial charge in [-0.25, -0.2) is 4.39 Å². The van der Waals surface area contributed by atoms with Crippen molar-refractivity contribution in [1.82, 2.24) is 0 Å². The third-order valence-corrected chi connectivity index (χ3v) is 3.17. The zero-order valence-electron chi connectivity index (χ0n) is 9.81. The molecule has 0 saturated heterocycles. The second-order valence-corrected chi connectivity index (χ2v) is 4.72. The van der Waals surface area contributed by atoms with Crippen molar-refractivity contribution in [2.75, 3.05) is 0 Å². The molecule has 4 heteroatoms. The van der Waals surface area contributed by atoms with E-state index >= 15 is 0 Å². The van der Waals surface area contributed by atoms with Crippen LogP contribution in [0.3, 0.4) is 0 Å². The second kappa shape index (κ2) is 4.68. The molecule has 96 valence electrons. The molecule has 19 heavy (non-hydrogen) atoms. The van der Waals surface area contributed by atoms with Crippen LogP contribution in [0.1, 0.15) is 17.4 Å². The van der Waals surface area contributed by atoms with E-state index in [0.29, 0.717) is 27.3 Å². The predicted octanol–water partition coefficient (Wildman–Crippen LogP) is 4.31. The molecule has 0 aliphatic rings. The van der Waals surface area contributed by atoms with Gasteiger partial charge < -0.3 is 9.52 Å². The lowest BCUT2D eigenvalue weighted by atomic mass is 10.1. The minimum Gasteiger partial charge on any atom is -0.458 e. The molecule has 0 spiro atoms. The number of benzene rings is 2. The monoisotopic (exact) mass is 276 g/mol. The predicted molar refractivity (Wildman–Crippen MR) is 71.7 cm³/mol. The van der Waals surface area contributed by atoms with Crippen molar-refractivity contribution >= 4 is 22.6 Å². The summed E-state index contributed by atoms with van der Waals surface area (Å²) in [5, 5.41) is 11.4. The summed E-state index contributed by atoms with van der Waals surface area (Å²) in [7, 11) is 0. The van der Waals surface area contributed by atoms with E-state index < -0.39 is 6.10 Å². The van der Waals surface area contributed by atoms with Crippen molar-refractivity contribution in [3.63, 3.8) is 0 Å². The van der Waals surface area contributed by atoms with Crippen molar-refractivity contribution in [2.24, 2.45) is 0 Å². The summed E-state index contributed by atoms with van der Waals surface area (Å²) >= 11 is 5.88. The fraction of sp³-hybridized carbons (Fsp3) is 0.0667. The maximum atomic E-state index is 13.1. The van der Waals surface area contributed by atoms with Gasteiger partial charge in [-0.3, -0.25) is 0 Å². The van der Waals surface area contributed by atoms with Crippen molar-refractivity contribution in [1.29, 1.82) is 0 Å². The number of furan rings is 1. The fourth-order valence-corrected chi connectivity index (χ4v) is 2.21. The average molecular weight is 277 g/mol. The topological polar surface area (TPSA) is 33.4 Å². The molecule has 0 aliphatic heterocycles. The molecule has 0 saturated carbocycles. The number of hydrogen-bond donors (Lipinski definition) is 1. The van der Waals surface area contributed by atoms with E-state index in [-0.39, 0.29) is 5.82 Å². The first-order chi connectivity index (χ1) is 9.13. The molecule has 1 atom stereocenters. The molecule has 1 unspecified atom stereocenters. The molecular weight excluding hydrogens is 267 g/mol. The van der Waals surface area contributed by atoms with E-state index in [1.807, 2.05) is 0 Å². The highest BCUT2D eigenvalue weighted by Gasteiger charge is 2.16. The lowest BCUT2D eigenvalue weighted by Crippen LogP contribution is -1.97. The summed E-state index contributed by atoms with van der Waals surface area (Å²) in [6.45, 7) is 0. The maximum Gasteiger partial charge on any atom is 0.138 e. The second-order valence-electron chi connectivity index (χ2n) is 4.29. The summed E-state index contributed by atoms with van der Waals surface area (Å²) in [5.74, 6) is 0.0277. The lowest BCUT2D eigenvalue weighted by Gasteiger charge is -2.07. The third kappa shape index (κ3) is 2.35. The van der Waals surface area contributed by atoms with Gasteiger partial charge in [-0.15, -0.1) is 0 Å². The summed E-state index contributed by atoms with van der Waals surface area (Å²) in [5.41, 5.74) is 1.17. The smallest absolute Gasteiger partial charge is 0.138 e. The molecule has 1 heterocycles. The number of fused-ring (bicyclic) bond motifs is 1. The molecule has 2 aromatic carbocycles. The highest BCUT2D eigenvalue weighted by Crippen LogP contribution is 2.29. The van der Waals surface area contributed by atoms with Gasteiger partial charge in [0.05, 0.1) is 0 Å². The van der Waals surface area contributed by atoms with Crippen LogP contribution >= 0.6 is 11.6 Å². The zero-order chi connectivity index (χ0) is 13.4. The van der Waals surface area contributed by atoms with Gasteiger partial charge in [0.1, 0.15) is 23.3 Å². The Morgan fingerprint density at radius 3 is 2.74 bits per heavy atom. The molecule has 1 N–H and O–H groups in total. The maximum absolute atomic E-state index is 13.1. The Hall–Kier alpha value is -1.84. The first-order valence-corrected chi connectivity index (χ1v) is 6.14. The van der Waals surface area contributed by atoms with Gasteiger partial charge in [0.15, 0.2) is 0 Å². The van der Waals surface area contributed by atoms with Gasteiger partial charge in [0, 0.05) is 10.4 Å². The number of rotatable bonds is 2. The van der Waals surface area contributed by atoms with Crippen molar-refractivity contribution < 1.29 is 13.9 Å². The van der Waals surface area contributed by atoms with Crippen LogP contribution in [0.5, 0.6) is 0 Å². The van der Waals surface area contributed by atoms with Crippen molar-refractivity contribution in [3.05, 3.63) is 70.7 Å². The molecular formula is C15H10ClFO2. The molecule has 0 fully saturated rings. The molecule has 0 aliphatic carbocycles. The Morgan fingerprint density at radius 1 is 1.11 bits per heavy atom. The van der Waals surface area contributed by atoms with Gasteiger partial charge in [-0.05, 0) is 42.0 Å². The van der Waals surface area contributed by atoms with Crippen molar-refractivity contribution in [3.8, 4) is 0 Å². The summed E-state index contributed by atoms with van der Waals surface area (Å²) in [4.78, 5) is 0. The minimum absolute atomic E-state index is 0.336. The Bertz CT molecular complexity index is 736. The Kier molecular flexibility index (Phi) is 3.01. The van der Waals surface area contributed by atoms with E-state index in [2.05, 4.69) is 0 Å². The Labute approximate surface area is 114 Å². The first-order valence-electron chi connectivity index (χ1n) is 5.76. The molecule has 0 amide bonds. The largest absolute Gasteiger partial charge is 0.458 e. The molecule has 2 nitrogen and oxygen atoms in total. The molecule has 3 rings (SSSR count). The fourth-order valence-electron chi connectivity index (χ4n) is 2.01.